The van der Waals surface area contributed by atoms with E-state index in [0.29, 0.717) is 17.5 Å². The van der Waals surface area contributed by atoms with Crippen LogP contribution in [0.5, 0.6) is 0 Å². The maximum atomic E-state index is 5.51. The summed E-state index contributed by atoms with van der Waals surface area (Å²) in [7, 11) is 0. The third kappa shape index (κ3) is 6.34. The normalized spacial score (nSPS) is 11.5. The quantitative estimate of drug-likeness (QED) is 0.161. The number of pyridine rings is 1. The summed E-state index contributed by atoms with van der Waals surface area (Å²) in [6, 6.07) is 78.5. The van der Waals surface area contributed by atoms with Gasteiger partial charge in [-0.3, -0.25) is 0 Å². The molecule has 12 aromatic rings. The van der Waals surface area contributed by atoms with Crippen molar-refractivity contribution in [3.8, 4) is 73.4 Å². The van der Waals surface area contributed by atoms with E-state index in [4.69, 9.17) is 19.9 Å². The van der Waals surface area contributed by atoms with Crippen molar-refractivity contribution in [2.45, 2.75) is 0 Å². The minimum absolute atomic E-state index is 0.604. The molecule has 0 N–H and O–H groups in total. The van der Waals surface area contributed by atoms with Crippen molar-refractivity contribution in [3.63, 3.8) is 0 Å². The Labute approximate surface area is 364 Å². The SMILES string of the molecule is c1ccc(-c2ccc(-c3nc(-c4ccc(-c5ccccc5)cc4)nc(-c4ccc(-c5nc6ccccc6c6c7ccccc7n(-c7ccccc7)c56)c5ccccc45)n3)cc2)cc1. The van der Waals surface area contributed by atoms with Crippen LogP contribution < -0.4 is 0 Å². The number of aromatic nitrogens is 5. The minimum Gasteiger partial charge on any atom is -0.307 e. The number of hydrogen-bond acceptors (Lipinski definition) is 4. The molecular weight excluding hydrogens is 767 g/mol. The molecule has 0 spiro atoms. The van der Waals surface area contributed by atoms with Gasteiger partial charge in [-0.25, -0.2) is 19.9 Å². The van der Waals surface area contributed by atoms with Gasteiger partial charge >= 0.3 is 0 Å². The first-order valence-electron chi connectivity index (χ1n) is 21.2. The zero-order valence-corrected chi connectivity index (χ0v) is 34.1. The van der Waals surface area contributed by atoms with E-state index in [1.54, 1.807) is 0 Å². The fourth-order valence-corrected chi connectivity index (χ4v) is 9.07. The van der Waals surface area contributed by atoms with Crippen LogP contribution in [0, 0.1) is 0 Å². The second kappa shape index (κ2) is 15.2. The molecule has 0 unspecified atom stereocenters. The van der Waals surface area contributed by atoms with Gasteiger partial charge in [-0.1, -0.05) is 194 Å². The van der Waals surface area contributed by atoms with Gasteiger partial charge in [-0.2, -0.15) is 0 Å². The third-order valence-electron chi connectivity index (χ3n) is 12.1. The summed E-state index contributed by atoms with van der Waals surface area (Å²) in [6.45, 7) is 0. The molecule has 0 saturated heterocycles. The van der Waals surface area contributed by atoms with E-state index in [-0.39, 0.29) is 0 Å². The molecule has 0 bridgehead atoms. The van der Waals surface area contributed by atoms with Crippen molar-refractivity contribution in [1.82, 2.24) is 24.5 Å². The highest BCUT2D eigenvalue weighted by Gasteiger charge is 2.23. The van der Waals surface area contributed by atoms with Crippen LogP contribution in [0.2, 0.25) is 0 Å². The highest BCUT2D eigenvalue weighted by molar-refractivity contribution is 6.24. The zero-order valence-electron chi connectivity index (χ0n) is 34.1. The Hall–Kier alpha value is -8.54. The van der Waals surface area contributed by atoms with Gasteiger partial charge in [-0.05, 0) is 63.4 Å². The lowest BCUT2D eigenvalue weighted by molar-refractivity contribution is 1.08. The van der Waals surface area contributed by atoms with Crippen molar-refractivity contribution >= 4 is 43.5 Å². The Balaban J connectivity index is 1.07. The third-order valence-corrected chi connectivity index (χ3v) is 12.1. The van der Waals surface area contributed by atoms with Gasteiger partial charge in [0.05, 0.1) is 22.2 Å². The monoisotopic (exact) mass is 803 g/mol. The molecule has 0 aliphatic rings. The van der Waals surface area contributed by atoms with E-state index in [0.717, 1.165) is 88.6 Å². The number of nitrogens with zero attached hydrogens (tertiary/aromatic N) is 5. The molecule has 0 fully saturated rings. The maximum Gasteiger partial charge on any atom is 0.164 e. The first kappa shape index (κ1) is 36.3. The average molecular weight is 804 g/mol. The van der Waals surface area contributed by atoms with Gasteiger partial charge in [0.15, 0.2) is 17.5 Å². The summed E-state index contributed by atoms with van der Waals surface area (Å²) in [5.74, 6) is 1.83. The van der Waals surface area contributed by atoms with Crippen molar-refractivity contribution in [3.05, 3.63) is 224 Å². The van der Waals surface area contributed by atoms with E-state index < -0.39 is 0 Å². The summed E-state index contributed by atoms with van der Waals surface area (Å²) < 4.78 is 2.37. The summed E-state index contributed by atoms with van der Waals surface area (Å²) in [6.07, 6.45) is 0. The molecule has 0 aliphatic heterocycles. The molecule has 12 rings (SSSR count). The van der Waals surface area contributed by atoms with Gasteiger partial charge in [-0.15, -0.1) is 0 Å². The Morgan fingerprint density at radius 2 is 0.714 bits per heavy atom. The van der Waals surface area contributed by atoms with Gasteiger partial charge in [0, 0.05) is 44.1 Å². The fraction of sp³-hybridized carbons (Fsp3) is 0. The van der Waals surface area contributed by atoms with E-state index in [1.807, 2.05) is 12.1 Å². The molecule has 0 atom stereocenters. The summed E-state index contributed by atoms with van der Waals surface area (Å²) >= 11 is 0. The smallest absolute Gasteiger partial charge is 0.164 e. The fourth-order valence-electron chi connectivity index (χ4n) is 9.07. The molecule has 0 radical (unpaired) electrons. The number of rotatable bonds is 7. The maximum absolute atomic E-state index is 5.51. The number of para-hydroxylation sites is 3. The van der Waals surface area contributed by atoms with Crippen LogP contribution in [-0.4, -0.2) is 24.5 Å². The molecule has 0 amide bonds. The van der Waals surface area contributed by atoms with Crippen molar-refractivity contribution in [1.29, 1.82) is 0 Å². The Morgan fingerprint density at radius 3 is 1.32 bits per heavy atom. The second-order valence-electron chi connectivity index (χ2n) is 15.8. The van der Waals surface area contributed by atoms with Gasteiger partial charge < -0.3 is 4.57 Å². The number of fused-ring (bicyclic) bond motifs is 6. The van der Waals surface area contributed by atoms with Gasteiger partial charge in [0.25, 0.3) is 0 Å². The van der Waals surface area contributed by atoms with Crippen molar-refractivity contribution < 1.29 is 0 Å². The molecule has 0 aliphatic carbocycles. The predicted octanol–water partition coefficient (Wildman–Crippen LogP) is 14.7. The molecule has 3 aromatic heterocycles. The largest absolute Gasteiger partial charge is 0.307 e. The molecule has 5 heteroatoms. The molecule has 9 aromatic carbocycles. The summed E-state index contributed by atoms with van der Waals surface area (Å²) in [5, 5.41) is 5.60. The lowest BCUT2D eigenvalue weighted by Gasteiger charge is -2.16. The molecule has 5 nitrogen and oxygen atoms in total. The standard InChI is InChI=1S/C58H37N5/c1-4-16-38(17-5-1)40-28-32-42(33-29-40)56-60-57(43-34-30-41(31-35-43)39-18-6-2-7-19-39)62-58(61-56)48-37-36-47(45-22-10-11-23-46(45)48)54-55-53(49-24-12-14-26-51(49)59-54)50-25-13-15-27-52(50)63(55)44-20-8-3-9-21-44/h1-37H. The van der Waals surface area contributed by atoms with Gasteiger partial charge in [0.1, 0.15) is 0 Å². The molecule has 63 heavy (non-hydrogen) atoms. The first-order valence-corrected chi connectivity index (χ1v) is 21.2. The lowest BCUT2D eigenvalue weighted by Crippen LogP contribution is -2.01. The molecule has 294 valence electrons. The van der Waals surface area contributed by atoms with Gasteiger partial charge in [0.2, 0.25) is 0 Å². The van der Waals surface area contributed by atoms with E-state index in [2.05, 4.69) is 217 Å². The van der Waals surface area contributed by atoms with E-state index in [9.17, 15) is 0 Å². The van der Waals surface area contributed by atoms with Crippen LogP contribution in [0.15, 0.2) is 224 Å². The van der Waals surface area contributed by atoms with Crippen LogP contribution in [0.4, 0.5) is 0 Å². The van der Waals surface area contributed by atoms with E-state index >= 15 is 0 Å². The van der Waals surface area contributed by atoms with Crippen molar-refractivity contribution in [2.75, 3.05) is 0 Å². The van der Waals surface area contributed by atoms with Crippen molar-refractivity contribution in [2.24, 2.45) is 0 Å². The first-order chi connectivity index (χ1) is 31.2. The molecule has 3 heterocycles. The Morgan fingerprint density at radius 1 is 0.286 bits per heavy atom. The Bertz CT molecular complexity index is 3540. The minimum atomic E-state index is 0.604. The zero-order chi connectivity index (χ0) is 41.7. The van der Waals surface area contributed by atoms with E-state index in [1.165, 1.54) is 10.8 Å². The predicted molar refractivity (Wildman–Crippen MR) is 260 cm³/mol. The van der Waals surface area contributed by atoms with Crippen LogP contribution in [0.1, 0.15) is 0 Å². The molecular formula is C58H37N5. The van der Waals surface area contributed by atoms with Crippen LogP contribution >= 0.6 is 0 Å². The molecule has 0 saturated carbocycles. The Kier molecular flexibility index (Phi) is 8.75. The summed E-state index contributed by atoms with van der Waals surface area (Å²) in [4.78, 5) is 21.1. The van der Waals surface area contributed by atoms with Crippen LogP contribution in [0.3, 0.4) is 0 Å². The van der Waals surface area contributed by atoms with Crippen LogP contribution in [0.25, 0.3) is 117 Å². The topological polar surface area (TPSA) is 56.5 Å². The summed E-state index contributed by atoms with van der Waals surface area (Å²) in [5.41, 5.74) is 13.5. The van der Waals surface area contributed by atoms with Crippen LogP contribution in [-0.2, 0) is 0 Å². The second-order valence-corrected chi connectivity index (χ2v) is 15.8. The number of benzene rings is 9. The lowest BCUT2D eigenvalue weighted by atomic mass is 9.95. The highest BCUT2D eigenvalue weighted by atomic mass is 15.0. The average Bonchev–Trinajstić information content (AvgIpc) is 3.72. The highest BCUT2D eigenvalue weighted by Crippen LogP contribution is 2.44. The number of hydrogen-bond donors (Lipinski definition) is 0.